The summed E-state index contributed by atoms with van der Waals surface area (Å²) >= 11 is 0. The van der Waals surface area contributed by atoms with E-state index in [1.165, 1.54) is 5.56 Å². The Labute approximate surface area is 146 Å². The van der Waals surface area contributed by atoms with Crippen LogP contribution in [0.5, 0.6) is 0 Å². The van der Waals surface area contributed by atoms with E-state index in [1.807, 2.05) is 24.7 Å². The molecule has 0 aromatic carbocycles. The van der Waals surface area contributed by atoms with Crippen LogP contribution in [0.3, 0.4) is 0 Å². The molecule has 7 heteroatoms. The average Bonchev–Trinajstić information content (AvgIpc) is 3.19. The summed E-state index contributed by atoms with van der Waals surface area (Å²) in [6.07, 6.45) is 11.2. The SMILES string of the molecule is c1cncc(-c2nc3c(c(NCCCn4ccnc4)n2)CCNC3)c1. The number of hydrogen-bond donors (Lipinski definition) is 2. The summed E-state index contributed by atoms with van der Waals surface area (Å²) in [6, 6.07) is 3.91. The quantitative estimate of drug-likeness (QED) is 0.670. The first-order valence-corrected chi connectivity index (χ1v) is 8.60. The first-order chi connectivity index (χ1) is 12.4. The molecule has 0 bridgehead atoms. The molecule has 128 valence electrons. The topological polar surface area (TPSA) is 80.6 Å². The summed E-state index contributed by atoms with van der Waals surface area (Å²) in [7, 11) is 0. The predicted octanol–water partition coefficient (Wildman–Crippen LogP) is 1.88. The molecule has 0 amide bonds. The van der Waals surface area contributed by atoms with Crippen LogP contribution in [-0.2, 0) is 19.5 Å². The van der Waals surface area contributed by atoms with E-state index in [2.05, 4.69) is 25.2 Å². The van der Waals surface area contributed by atoms with Crippen LogP contribution in [0, 0.1) is 0 Å². The molecule has 2 N–H and O–H groups in total. The van der Waals surface area contributed by atoms with Gasteiger partial charge in [0.1, 0.15) is 5.82 Å². The number of rotatable bonds is 6. The minimum Gasteiger partial charge on any atom is -0.370 e. The maximum atomic E-state index is 4.78. The van der Waals surface area contributed by atoms with E-state index in [4.69, 9.17) is 9.97 Å². The number of fused-ring (bicyclic) bond motifs is 1. The van der Waals surface area contributed by atoms with Crippen LogP contribution >= 0.6 is 0 Å². The van der Waals surface area contributed by atoms with E-state index in [9.17, 15) is 0 Å². The van der Waals surface area contributed by atoms with Gasteiger partial charge in [-0.2, -0.15) is 0 Å². The van der Waals surface area contributed by atoms with Gasteiger partial charge in [0.05, 0.1) is 12.0 Å². The van der Waals surface area contributed by atoms with E-state index in [1.54, 1.807) is 18.6 Å². The van der Waals surface area contributed by atoms with Crippen molar-refractivity contribution >= 4 is 5.82 Å². The van der Waals surface area contributed by atoms with Crippen molar-refractivity contribution in [2.24, 2.45) is 0 Å². The number of imidazole rings is 1. The van der Waals surface area contributed by atoms with Crippen molar-refractivity contribution in [1.29, 1.82) is 0 Å². The summed E-state index contributed by atoms with van der Waals surface area (Å²) in [4.78, 5) is 17.8. The monoisotopic (exact) mass is 335 g/mol. The fourth-order valence-corrected chi connectivity index (χ4v) is 3.02. The summed E-state index contributed by atoms with van der Waals surface area (Å²) in [5, 5.41) is 6.90. The zero-order valence-electron chi connectivity index (χ0n) is 14.0. The zero-order chi connectivity index (χ0) is 16.9. The molecule has 0 saturated carbocycles. The van der Waals surface area contributed by atoms with Gasteiger partial charge in [-0.1, -0.05) is 0 Å². The van der Waals surface area contributed by atoms with Gasteiger partial charge in [-0.25, -0.2) is 15.0 Å². The molecule has 3 aromatic heterocycles. The maximum Gasteiger partial charge on any atom is 0.163 e. The first-order valence-electron chi connectivity index (χ1n) is 8.60. The lowest BCUT2D eigenvalue weighted by molar-refractivity contribution is 0.623. The standard InChI is InChI=1S/C18H21N7/c1-3-14(11-19-5-1)17-23-16-12-20-7-4-15(16)18(24-17)22-6-2-9-25-10-8-21-13-25/h1,3,5,8,10-11,13,20H,2,4,6-7,9,12H2,(H,22,23,24). The smallest absolute Gasteiger partial charge is 0.163 e. The number of nitrogens with one attached hydrogen (secondary N) is 2. The largest absolute Gasteiger partial charge is 0.370 e. The molecule has 7 nitrogen and oxygen atoms in total. The molecule has 4 heterocycles. The van der Waals surface area contributed by atoms with Gasteiger partial charge >= 0.3 is 0 Å². The van der Waals surface area contributed by atoms with Crippen LogP contribution in [-0.4, -0.2) is 37.6 Å². The molecule has 0 unspecified atom stereocenters. The Bertz CT molecular complexity index is 815. The van der Waals surface area contributed by atoms with Gasteiger partial charge < -0.3 is 15.2 Å². The van der Waals surface area contributed by atoms with Crippen molar-refractivity contribution in [1.82, 2.24) is 29.8 Å². The van der Waals surface area contributed by atoms with Crippen LogP contribution in [0.4, 0.5) is 5.82 Å². The molecule has 0 saturated heterocycles. The normalized spacial score (nSPS) is 13.4. The third kappa shape index (κ3) is 3.66. The molecule has 0 radical (unpaired) electrons. The molecule has 3 aromatic rings. The Hall–Kier alpha value is -2.80. The van der Waals surface area contributed by atoms with Gasteiger partial charge in [0.25, 0.3) is 0 Å². The first kappa shape index (κ1) is 15.7. The summed E-state index contributed by atoms with van der Waals surface area (Å²) in [5.41, 5.74) is 3.25. The van der Waals surface area contributed by atoms with Crippen LogP contribution in [0.2, 0.25) is 0 Å². The summed E-state index contributed by atoms with van der Waals surface area (Å²) in [5.74, 6) is 1.68. The van der Waals surface area contributed by atoms with E-state index < -0.39 is 0 Å². The highest BCUT2D eigenvalue weighted by Gasteiger charge is 2.18. The third-order valence-corrected chi connectivity index (χ3v) is 4.30. The second-order valence-electron chi connectivity index (χ2n) is 6.07. The number of pyridine rings is 1. The lowest BCUT2D eigenvalue weighted by Gasteiger charge is -2.20. The number of aromatic nitrogens is 5. The highest BCUT2D eigenvalue weighted by atomic mass is 15.1. The Balaban J connectivity index is 1.52. The van der Waals surface area contributed by atoms with Gasteiger partial charge in [-0.05, 0) is 31.5 Å². The molecule has 1 aliphatic rings. The maximum absolute atomic E-state index is 4.78. The Kier molecular flexibility index (Phi) is 4.65. The van der Waals surface area contributed by atoms with Crippen molar-refractivity contribution < 1.29 is 0 Å². The fourth-order valence-electron chi connectivity index (χ4n) is 3.02. The summed E-state index contributed by atoms with van der Waals surface area (Å²) in [6.45, 7) is 3.56. The number of anilines is 1. The summed E-state index contributed by atoms with van der Waals surface area (Å²) < 4.78 is 2.09. The van der Waals surface area contributed by atoms with Crippen LogP contribution in [0.1, 0.15) is 17.7 Å². The van der Waals surface area contributed by atoms with Gasteiger partial charge in [0.15, 0.2) is 5.82 Å². The Morgan fingerprint density at radius 3 is 3.04 bits per heavy atom. The molecule has 4 rings (SSSR count). The molecule has 0 atom stereocenters. The predicted molar refractivity (Wildman–Crippen MR) is 96.0 cm³/mol. The molecule has 25 heavy (non-hydrogen) atoms. The van der Waals surface area contributed by atoms with Crippen LogP contribution in [0.15, 0.2) is 43.2 Å². The second-order valence-corrected chi connectivity index (χ2v) is 6.07. The molecule has 0 aliphatic carbocycles. The van der Waals surface area contributed by atoms with Crippen molar-refractivity contribution in [2.75, 3.05) is 18.4 Å². The number of hydrogen-bond acceptors (Lipinski definition) is 6. The Morgan fingerprint density at radius 1 is 1.20 bits per heavy atom. The van der Waals surface area contributed by atoms with E-state index >= 15 is 0 Å². The minimum atomic E-state index is 0.729. The highest BCUT2D eigenvalue weighted by molar-refractivity contribution is 5.59. The van der Waals surface area contributed by atoms with Crippen LogP contribution < -0.4 is 10.6 Å². The van der Waals surface area contributed by atoms with Crippen LogP contribution in [0.25, 0.3) is 11.4 Å². The fraction of sp³-hybridized carbons (Fsp3) is 0.333. The molecule has 1 aliphatic heterocycles. The molecule has 0 spiro atoms. The molecular formula is C18H21N7. The Morgan fingerprint density at radius 2 is 2.20 bits per heavy atom. The van der Waals surface area contributed by atoms with Crippen molar-refractivity contribution in [3.63, 3.8) is 0 Å². The number of nitrogens with zero attached hydrogens (tertiary/aromatic N) is 5. The van der Waals surface area contributed by atoms with Gasteiger partial charge in [0, 0.05) is 55.5 Å². The number of aryl methyl sites for hydroxylation is 1. The van der Waals surface area contributed by atoms with Crippen molar-refractivity contribution in [3.8, 4) is 11.4 Å². The lowest BCUT2D eigenvalue weighted by atomic mass is 10.1. The van der Waals surface area contributed by atoms with Gasteiger partial charge in [0.2, 0.25) is 0 Å². The van der Waals surface area contributed by atoms with Crippen molar-refractivity contribution in [3.05, 3.63) is 54.5 Å². The highest BCUT2D eigenvalue weighted by Crippen LogP contribution is 2.24. The molecule has 0 fully saturated rings. The minimum absolute atomic E-state index is 0.729. The van der Waals surface area contributed by atoms with E-state index in [-0.39, 0.29) is 0 Å². The van der Waals surface area contributed by atoms with E-state index in [0.717, 1.165) is 61.9 Å². The zero-order valence-corrected chi connectivity index (χ0v) is 14.0. The lowest BCUT2D eigenvalue weighted by Crippen LogP contribution is -2.26. The van der Waals surface area contributed by atoms with Gasteiger partial charge in [-0.15, -0.1) is 0 Å². The average molecular weight is 335 g/mol. The molecular weight excluding hydrogens is 314 g/mol. The third-order valence-electron chi connectivity index (χ3n) is 4.30. The van der Waals surface area contributed by atoms with Gasteiger partial charge in [-0.3, -0.25) is 4.98 Å². The second kappa shape index (κ2) is 7.40. The van der Waals surface area contributed by atoms with Crippen molar-refractivity contribution in [2.45, 2.75) is 25.9 Å². The van der Waals surface area contributed by atoms with E-state index in [0.29, 0.717) is 0 Å².